The van der Waals surface area contributed by atoms with Gasteiger partial charge in [0.15, 0.2) is 0 Å². The van der Waals surface area contributed by atoms with Gasteiger partial charge in [-0.1, -0.05) is 0 Å². The number of amides is 1. The summed E-state index contributed by atoms with van der Waals surface area (Å²) in [6.45, 7) is 2.06. The molecule has 2 aromatic heterocycles. The van der Waals surface area contributed by atoms with Crippen LogP contribution in [-0.2, 0) is 13.6 Å². The Morgan fingerprint density at radius 1 is 1.32 bits per heavy atom. The molecule has 0 atom stereocenters. The number of hydrogen-bond donors (Lipinski definition) is 1. The van der Waals surface area contributed by atoms with Gasteiger partial charge in [-0.15, -0.1) is 0 Å². The molecule has 0 saturated heterocycles. The average Bonchev–Trinajstić information content (AvgIpc) is 2.47. The molecule has 8 heteroatoms. The second-order valence-corrected chi connectivity index (χ2v) is 5.04. The van der Waals surface area contributed by atoms with Crippen LogP contribution in [0.1, 0.15) is 22.0 Å². The second-order valence-electron chi connectivity index (χ2n) is 5.04. The molecule has 0 aromatic carbocycles. The van der Waals surface area contributed by atoms with E-state index in [1.54, 1.807) is 0 Å². The average molecular weight is 302 g/mol. The molecule has 1 amide bonds. The van der Waals surface area contributed by atoms with Crippen molar-refractivity contribution >= 4 is 11.7 Å². The summed E-state index contributed by atoms with van der Waals surface area (Å²) < 4.78 is 1.11. The molecule has 0 bridgehead atoms. The zero-order valence-electron chi connectivity index (χ0n) is 13.0. The highest BCUT2D eigenvalue weighted by molar-refractivity contribution is 5.91. The summed E-state index contributed by atoms with van der Waals surface area (Å²) in [4.78, 5) is 33.8. The Morgan fingerprint density at radius 3 is 2.68 bits per heavy atom. The van der Waals surface area contributed by atoms with Gasteiger partial charge >= 0.3 is 0 Å². The predicted molar refractivity (Wildman–Crippen MR) is 81.7 cm³/mol. The Morgan fingerprint density at radius 2 is 2.05 bits per heavy atom. The third-order valence-electron chi connectivity index (χ3n) is 2.95. The van der Waals surface area contributed by atoms with Crippen molar-refractivity contribution in [3.63, 3.8) is 0 Å². The maximum atomic E-state index is 12.0. The van der Waals surface area contributed by atoms with Gasteiger partial charge in [-0.3, -0.25) is 9.59 Å². The van der Waals surface area contributed by atoms with Gasteiger partial charge in [0.2, 0.25) is 0 Å². The summed E-state index contributed by atoms with van der Waals surface area (Å²) >= 11 is 0. The molecule has 116 valence electrons. The standard InChI is InChI=1S/C14H18N6O2/c1-9-7-12(19(2)3)17-11(16-9)8-15-14(22)10-5-6-13(21)20(4)18-10/h5-7H,8H2,1-4H3,(H,15,22). The first-order chi connectivity index (χ1) is 10.4. The first-order valence-electron chi connectivity index (χ1n) is 6.71. The number of aromatic nitrogens is 4. The summed E-state index contributed by atoms with van der Waals surface area (Å²) in [6.07, 6.45) is 0. The molecule has 0 radical (unpaired) electrons. The number of rotatable bonds is 4. The molecule has 0 fully saturated rings. The molecule has 2 heterocycles. The maximum absolute atomic E-state index is 12.0. The van der Waals surface area contributed by atoms with Gasteiger partial charge in [0, 0.05) is 39.0 Å². The normalized spacial score (nSPS) is 10.4. The SMILES string of the molecule is Cc1cc(N(C)C)nc(CNC(=O)c2ccc(=O)n(C)n2)n1. The van der Waals surface area contributed by atoms with E-state index in [4.69, 9.17) is 0 Å². The van der Waals surface area contributed by atoms with Crippen LogP contribution in [-0.4, -0.2) is 39.8 Å². The van der Waals surface area contributed by atoms with Gasteiger partial charge in [-0.2, -0.15) is 5.10 Å². The topological polar surface area (TPSA) is 93.0 Å². The Balaban J connectivity index is 2.10. The van der Waals surface area contributed by atoms with Crippen molar-refractivity contribution in [2.75, 3.05) is 19.0 Å². The van der Waals surface area contributed by atoms with Crippen LogP contribution < -0.4 is 15.8 Å². The molecular formula is C14H18N6O2. The van der Waals surface area contributed by atoms with E-state index < -0.39 is 0 Å². The smallest absolute Gasteiger partial charge is 0.272 e. The van der Waals surface area contributed by atoms with Crippen molar-refractivity contribution < 1.29 is 4.79 Å². The molecular weight excluding hydrogens is 284 g/mol. The van der Waals surface area contributed by atoms with E-state index in [0.29, 0.717) is 5.82 Å². The number of nitrogens with zero attached hydrogens (tertiary/aromatic N) is 5. The summed E-state index contributed by atoms with van der Waals surface area (Å²) in [6, 6.07) is 4.55. The molecule has 2 rings (SSSR count). The third-order valence-corrected chi connectivity index (χ3v) is 2.95. The van der Waals surface area contributed by atoms with Crippen molar-refractivity contribution in [3.05, 3.63) is 45.8 Å². The lowest BCUT2D eigenvalue weighted by Crippen LogP contribution is -2.29. The van der Waals surface area contributed by atoms with E-state index in [1.165, 1.54) is 19.2 Å². The Labute approximate surface area is 127 Å². The largest absolute Gasteiger partial charge is 0.363 e. The van der Waals surface area contributed by atoms with Crippen LogP contribution in [0.3, 0.4) is 0 Å². The summed E-state index contributed by atoms with van der Waals surface area (Å²) in [5, 5.41) is 6.59. The van der Waals surface area contributed by atoms with E-state index >= 15 is 0 Å². The Kier molecular flexibility index (Phi) is 4.50. The minimum atomic E-state index is -0.382. The third kappa shape index (κ3) is 3.66. The lowest BCUT2D eigenvalue weighted by molar-refractivity contribution is 0.0942. The molecule has 0 spiro atoms. The molecule has 1 N–H and O–H groups in total. The molecule has 8 nitrogen and oxygen atoms in total. The highest BCUT2D eigenvalue weighted by Crippen LogP contribution is 2.09. The molecule has 0 aliphatic carbocycles. The lowest BCUT2D eigenvalue weighted by Gasteiger charge is -2.13. The fourth-order valence-corrected chi connectivity index (χ4v) is 1.79. The molecule has 0 aliphatic rings. The fraction of sp³-hybridized carbons (Fsp3) is 0.357. The Bertz CT molecular complexity index is 753. The molecule has 2 aromatic rings. The summed E-state index contributed by atoms with van der Waals surface area (Å²) in [5.74, 6) is 0.908. The monoisotopic (exact) mass is 302 g/mol. The molecule has 0 aliphatic heterocycles. The van der Waals surface area contributed by atoms with Gasteiger partial charge < -0.3 is 10.2 Å². The first-order valence-corrected chi connectivity index (χ1v) is 6.71. The van der Waals surface area contributed by atoms with Crippen molar-refractivity contribution in [1.82, 2.24) is 25.1 Å². The lowest BCUT2D eigenvalue weighted by atomic mass is 10.3. The van der Waals surface area contributed by atoms with E-state index in [9.17, 15) is 9.59 Å². The molecule has 0 saturated carbocycles. The van der Waals surface area contributed by atoms with Crippen LogP contribution in [0.2, 0.25) is 0 Å². The van der Waals surface area contributed by atoms with Crippen molar-refractivity contribution in [1.29, 1.82) is 0 Å². The quantitative estimate of drug-likeness (QED) is 0.846. The zero-order valence-corrected chi connectivity index (χ0v) is 13.0. The van der Waals surface area contributed by atoms with Crippen molar-refractivity contribution in [2.45, 2.75) is 13.5 Å². The van der Waals surface area contributed by atoms with Crippen LogP contribution in [0, 0.1) is 6.92 Å². The number of nitrogens with one attached hydrogen (secondary N) is 1. The van der Waals surface area contributed by atoms with Gasteiger partial charge in [-0.05, 0) is 13.0 Å². The van der Waals surface area contributed by atoms with E-state index in [0.717, 1.165) is 16.2 Å². The fourth-order valence-electron chi connectivity index (χ4n) is 1.79. The van der Waals surface area contributed by atoms with Gasteiger partial charge in [-0.25, -0.2) is 14.6 Å². The van der Waals surface area contributed by atoms with E-state index in [-0.39, 0.29) is 23.7 Å². The van der Waals surface area contributed by atoms with Crippen LogP contribution >= 0.6 is 0 Å². The number of carbonyl (C=O) groups is 1. The van der Waals surface area contributed by atoms with Crippen molar-refractivity contribution in [2.24, 2.45) is 7.05 Å². The first kappa shape index (κ1) is 15.6. The summed E-state index contributed by atoms with van der Waals surface area (Å²) in [5.41, 5.74) is 0.722. The van der Waals surface area contributed by atoms with Crippen LogP contribution in [0.4, 0.5) is 5.82 Å². The van der Waals surface area contributed by atoms with Gasteiger partial charge in [0.05, 0.1) is 6.54 Å². The molecule has 22 heavy (non-hydrogen) atoms. The summed E-state index contributed by atoms with van der Waals surface area (Å²) in [7, 11) is 5.27. The minimum Gasteiger partial charge on any atom is -0.363 e. The predicted octanol–water partition coefficient (Wildman–Crippen LogP) is -0.125. The van der Waals surface area contributed by atoms with Crippen LogP contribution in [0.5, 0.6) is 0 Å². The van der Waals surface area contributed by atoms with Crippen LogP contribution in [0.25, 0.3) is 0 Å². The highest BCUT2D eigenvalue weighted by Gasteiger charge is 2.10. The minimum absolute atomic E-state index is 0.169. The van der Waals surface area contributed by atoms with Crippen molar-refractivity contribution in [3.8, 4) is 0 Å². The highest BCUT2D eigenvalue weighted by atomic mass is 16.2. The Hall–Kier alpha value is -2.77. The number of anilines is 1. The van der Waals surface area contributed by atoms with E-state index in [1.807, 2.05) is 32.0 Å². The maximum Gasteiger partial charge on any atom is 0.272 e. The van der Waals surface area contributed by atoms with Gasteiger partial charge in [0.25, 0.3) is 11.5 Å². The number of aryl methyl sites for hydroxylation is 2. The second kappa shape index (κ2) is 6.33. The zero-order chi connectivity index (χ0) is 16.3. The van der Waals surface area contributed by atoms with Crippen LogP contribution in [0.15, 0.2) is 23.0 Å². The van der Waals surface area contributed by atoms with Gasteiger partial charge in [0.1, 0.15) is 17.3 Å². The number of hydrogen-bond acceptors (Lipinski definition) is 6. The number of carbonyl (C=O) groups excluding carboxylic acids is 1. The van der Waals surface area contributed by atoms with E-state index in [2.05, 4.69) is 20.4 Å². The molecule has 0 unspecified atom stereocenters.